The van der Waals surface area contributed by atoms with E-state index in [-0.39, 0.29) is 16.1 Å². The van der Waals surface area contributed by atoms with Gasteiger partial charge >= 0.3 is 0 Å². The first kappa shape index (κ1) is 14.7. The van der Waals surface area contributed by atoms with Gasteiger partial charge in [0.1, 0.15) is 11.7 Å². The highest BCUT2D eigenvalue weighted by atomic mass is 79.9. The Labute approximate surface area is 128 Å². The smallest absolute Gasteiger partial charge is 0.186 e. The van der Waals surface area contributed by atoms with E-state index in [0.717, 1.165) is 0 Å². The van der Waals surface area contributed by atoms with Crippen molar-refractivity contribution in [1.82, 2.24) is 0 Å². The Balaban J connectivity index is 2.49. The Morgan fingerprint density at radius 1 is 1.25 bits per heavy atom. The maximum atomic E-state index is 13.7. The molecule has 0 aliphatic heterocycles. The zero-order chi connectivity index (χ0) is 14.7. The molecular weight excluding hydrogens is 345 g/mol. The first-order valence-electron chi connectivity index (χ1n) is 5.68. The maximum Gasteiger partial charge on any atom is 0.186 e. The lowest BCUT2D eigenvalue weighted by atomic mass is 9.91. The van der Waals surface area contributed by atoms with Gasteiger partial charge in [0, 0.05) is 15.6 Å². The van der Waals surface area contributed by atoms with E-state index in [4.69, 9.17) is 11.6 Å². The molecule has 0 bridgehead atoms. The number of nitriles is 1. The summed E-state index contributed by atoms with van der Waals surface area (Å²) in [7, 11) is 0. The van der Waals surface area contributed by atoms with Gasteiger partial charge in [-0.05, 0) is 34.1 Å². The van der Waals surface area contributed by atoms with Gasteiger partial charge in [-0.25, -0.2) is 4.39 Å². The van der Waals surface area contributed by atoms with Crippen molar-refractivity contribution in [2.75, 3.05) is 0 Å². The summed E-state index contributed by atoms with van der Waals surface area (Å²) in [5, 5.41) is 9.42. The summed E-state index contributed by atoms with van der Waals surface area (Å²) in [6, 6.07) is 12.4. The lowest BCUT2D eigenvalue weighted by molar-refractivity contribution is 0.0977. The zero-order valence-electron chi connectivity index (χ0n) is 10.1. The lowest BCUT2D eigenvalue weighted by Crippen LogP contribution is -2.13. The molecule has 0 heterocycles. The Morgan fingerprint density at radius 2 is 1.95 bits per heavy atom. The Morgan fingerprint density at radius 3 is 2.60 bits per heavy atom. The second-order valence-electron chi connectivity index (χ2n) is 4.05. The van der Waals surface area contributed by atoms with Crippen LogP contribution in [-0.2, 0) is 0 Å². The number of hydrogen-bond acceptors (Lipinski definition) is 2. The van der Waals surface area contributed by atoms with Crippen LogP contribution in [0, 0.1) is 17.1 Å². The molecule has 0 aliphatic carbocycles. The molecule has 0 N–H and O–H groups in total. The first-order chi connectivity index (χ1) is 9.56. The average molecular weight is 353 g/mol. The second kappa shape index (κ2) is 6.17. The molecule has 0 spiro atoms. The third-order valence-corrected chi connectivity index (χ3v) is 4.12. The largest absolute Gasteiger partial charge is 0.292 e. The molecule has 0 saturated carbocycles. The van der Waals surface area contributed by atoms with E-state index in [1.165, 1.54) is 24.3 Å². The summed E-state index contributed by atoms with van der Waals surface area (Å²) in [5.74, 6) is -2.33. The normalized spacial score (nSPS) is 11.7. The fourth-order valence-electron chi connectivity index (χ4n) is 1.83. The molecule has 0 fully saturated rings. The van der Waals surface area contributed by atoms with Crippen LogP contribution in [0.2, 0.25) is 5.02 Å². The van der Waals surface area contributed by atoms with Crippen LogP contribution in [0.4, 0.5) is 4.39 Å². The van der Waals surface area contributed by atoms with Crippen LogP contribution in [0.25, 0.3) is 0 Å². The molecule has 0 amide bonds. The van der Waals surface area contributed by atoms with Crippen molar-refractivity contribution in [3.8, 4) is 6.07 Å². The van der Waals surface area contributed by atoms with Crippen LogP contribution in [0.3, 0.4) is 0 Å². The standard InChI is InChI=1S/C15H8BrClFNO/c16-12-6-3-5-10(14(12)17)15(20)11(8-19)9-4-1-2-7-13(9)18/h1-7,11H. The van der Waals surface area contributed by atoms with Crippen LogP contribution in [-0.4, -0.2) is 5.78 Å². The van der Waals surface area contributed by atoms with Gasteiger partial charge in [0.2, 0.25) is 0 Å². The minimum atomic E-state index is -1.22. The molecule has 0 aliphatic rings. The van der Waals surface area contributed by atoms with Crippen molar-refractivity contribution < 1.29 is 9.18 Å². The summed E-state index contributed by atoms with van der Waals surface area (Å²) in [5.41, 5.74) is 0.242. The van der Waals surface area contributed by atoms with Gasteiger partial charge in [-0.15, -0.1) is 0 Å². The highest BCUT2D eigenvalue weighted by molar-refractivity contribution is 9.10. The predicted molar refractivity (Wildman–Crippen MR) is 78.2 cm³/mol. The van der Waals surface area contributed by atoms with Crippen LogP contribution in [0.5, 0.6) is 0 Å². The molecule has 1 atom stereocenters. The van der Waals surface area contributed by atoms with Crippen LogP contribution >= 0.6 is 27.5 Å². The summed E-state index contributed by atoms with van der Waals surface area (Å²) in [6.07, 6.45) is 0. The van der Waals surface area contributed by atoms with E-state index in [2.05, 4.69) is 15.9 Å². The molecule has 0 aromatic heterocycles. The van der Waals surface area contributed by atoms with E-state index in [0.29, 0.717) is 4.47 Å². The SMILES string of the molecule is N#CC(C(=O)c1cccc(Br)c1Cl)c1ccccc1F. The summed E-state index contributed by atoms with van der Waals surface area (Å²) in [4.78, 5) is 12.4. The maximum absolute atomic E-state index is 13.7. The molecular formula is C15H8BrClFNO. The van der Waals surface area contributed by atoms with E-state index in [1.54, 1.807) is 18.2 Å². The molecule has 5 heteroatoms. The van der Waals surface area contributed by atoms with Gasteiger partial charge in [-0.2, -0.15) is 5.26 Å². The number of halogens is 3. The number of nitrogens with zero attached hydrogens (tertiary/aromatic N) is 1. The van der Waals surface area contributed by atoms with E-state index < -0.39 is 17.5 Å². The van der Waals surface area contributed by atoms with Gasteiger partial charge in [-0.1, -0.05) is 35.9 Å². The number of carbonyl (C=O) groups excluding carboxylic acids is 1. The van der Waals surface area contributed by atoms with Gasteiger partial charge in [0.15, 0.2) is 5.78 Å². The summed E-state index contributed by atoms with van der Waals surface area (Å²) < 4.78 is 14.3. The topological polar surface area (TPSA) is 40.9 Å². The number of carbonyl (C=O) groups is 1. The first-order valence-corrected chi connectivity index (χ1v) is 6.85. The molecule has 2 rings (SSSR count). The van der Waals surface area contributed by atoms with Crippen molar-refractivity contribution in [2.24, 2.45) is 0 Å². The fourth-order valence-corrected chi connectivity index (χ4v) is 2.41. The molecule has 1 unspecified atom stereocenters. The van der Waals surface area contributed by atoms with Crippen LogP contribution < -0.4 is 0 Å². The number of rotatable bonds is 3. The minimum absolute atomic E-state index is 0.0519. The highest BCUT2D eigenvalue weighted by Gasteiger charge is 2.26. The molecule has 2 nitrogen and oxygen atoms in total. The van der Waals surface area contributed by atoms with Crippen molar-refractivity contribution >= 4 is 33.3 Å². The lowest BCUT2D eigenvalue weighted by Gasteiger charge is -2.11. The summed E-state index contributed by atoms with van der Waals surface area (Å²) >= 11 is 9.26. The Hall–Kier alpha value is -1.70. The van der Waals surface area contributed by atoms with Crippen molar-refractivity contribution in [3.63, 3.8) is 0 Å². The third kappa shape index (κ3) is 2.74. The quantitative estimate of drug-likeness (QED) is 0.749. The fraction of sp³-hybridized carbons (Fsp3) is 0.0667. The average Bonchev–Trinajstić information content (AvgIpc) is 2.44. The molecule has 20 heavy (non-hydrogen) atoms. The van der Waals surface area contributed by atoms with Crippen molar-refractivity contribution in [2.45, 2.75) is 5.92 Å². The predicted octanol–water partition coefficient (Wildman–Crippen LogP) is 4.73. The van der Waals surface area contributed by atoms with Crippen LogP contribution in [0.1, 0.15) is 21.8 Å². The minimum Gasteiger partial charge on any atom is -0.292 e. The van der Waals surface area contributed by atoms with E-state index in [9.17, 15) is 14.4 Å². The Kier molecular flexibility index (Phi) is 4.53. The molecule has 2 aromatic carbocycles. The summed E-state index contributed by atoms with van der Waals surface area (Å²) in [6.45, 7) is 0. The monoisotopic (exact) mass is 351 g/mol. The number of benzene rings is 2. The van der Waals surface area contributed by atoms with Gasteiger partial charge in [0.25, 0.3) is 0 Å². The molecule has 0 saturated heterocycles. The zero-order valence-corrected chi connectivity index (χ0v) is 12.5. The van der Waals surface area contributed by atoms with E-state index in [1.807, 2.05) is 6.07 Å². The second-order valence-corrected chi connectivity index (χ2v) is 5.28. The van der Waals surface area contributed by atoms with Crippen molar-refractivity contribution in [3.05, 3.63) is 68.9 Å². The number of Topliss-reactive ketones (excluding diaryl/α,β-unsaturated/α-hetero) is 1. The third-order valence-electron chi connectivity index (χ3n) is 2.82. The van der Waals surface area contributed by atoms with Gasteiger partial charge in [0.05, 0.1) is 11.1 Å². The van der Waals surface area contributed by atoms with Gasteiger partial charge in [-0.3, -0.25) is 4.79 Å². The molecule has 0 radical (unpaired) electrons. The molecule has 2 aromatic rings. The Bertz CT molecular complexity index is 711. The molecule has 100 valence electrons. The van der Waals surface area contributed by atoms with Crippen molar-refractivity contribution in [1.29, 1.82) is 5.26 Å². The highest BCUT2D eigenvalue weighted by Crippen LogP contribution is 2.30. The number of ketones is 1. The number of hydrogen-bond donors (Lipinski definition) is 0. The van der Waals surface area contributed by atoms with E-state index >= 15 is 0 Å². The van der Waals surface area contributed by atoms with Crippen LogP contribution in [0.15, 0.2) is 46.9 Å². The van der Waals surface area contributed by atoms with Gasteiger partial charge < -0.3 is 0 Å².